The third-order valence-electron chi connectivity index (χ3n) is 4.46. The lowest BCUT2D eigenvalue weighted by Gasteiger charge is -2.42. The Hall–Kier alpha value is -1.30. The fraction of sp³-hybridized carbons (Fsp3) is 0.857. The lowest BCUT2D eigenvalue weighted by molar-refractivity contribution is -0.143. The number of methoxy groups -OCH3 is 1. The molecule has 114 valence electrons. The number of nitrogens with zero attached hydrogens (tertiary/aromatic N) is 2. The highest BCUT2D eigenvalue weighted by Crippen LogP contribution is 2.26. The number of carbonyl (C=O) groups is 2. The van der Waals surface area contributed by atoms with Gasteiger partial charge in [0.15, 0.2) is 0 Å². The standard InChI is InChI=1S/C14H24N2O4/c1-14(20-2)6-4-8-16(10-14)13(19)15-7-3-5-11(9-15)12(17)18/h11H,3-10H2,1-2H3,(H,17,18). The topological polar surface area (TPSA) is 70.1 Å². The Balaban J connectivity index is 1.98. The molecule has 0 bridgehead atoms. The van der Waals surface area contributed by atoms with Crippen molar-refractivity contribution in [3.8, 4) is 0 Å². The number of likely N-dealkylation sites (tertiary alicyclic amines) is 2. The van der Waals surface area contributed by atoms with Crippen LogP contribution in [0.5, 0.6) is 0 Å². The van der Waals surface area contributed by atoms with Crippen molar-refractivity contribution in [1.82, 2.24) is 9.80 Å². The second-order valence-electron chi connectivity index (χ2n) is 6.09. The molecule has 2 aliphatic rings. The summed E-state index contributed by atoms with van der Waals surface area (Å²) >= 11 is 0. The van der Waals surface area contributed by atoms with E-state index < -0.39 is 11.9 Å². The zero-order chi connectivity index (χ0) is 14.8. The molecular weight excluding hydrogens is 260 g/mol. The van der Waals surface area contributed by atoms with Crippen LogP contribution in [0.4, 0.5) is 4.79 Å². The van der Waals surface area contributed by atoms with E-state index in [1.165, 1.54) is 0 Å². The third kappa shape index (κ3) is 3.23. The number of amides is 2. The molecule has 0 radical (unpaired) electrons. The van der Waals surface area contributed by atoms with Crippen molar-refractivity contribution in [2.75, 3.05) is 33.3 Å². The van der Waals surface area contributed by atoms with Crippen LogP contribution >= 0.6 is 0 Å². The lowest BCUT2D eigenvalue weighted by atomic mass is 9.94. The van der Waals surface area contributed by atoms with Crippen molar-refractivity contribution in [1.29, 1.82) is 0 Å². The molecule has 0 aromatic heterocycles. The van der Waals surface area contributed by atoms with E-state index in [1.807, 2.05) is 6.92 Å². The number of carbonyl (C=O) groups excluding carboxylic acids is 1. The molecule has 2 aliphatic heterocycles. The van der Waals surface area contributed by atoms with Gasteiger partial charge in [-0.05, 0) is 32.6 Å². The highest BCUT2D eigenvalue weighted by atomic mass is 16.5. The first-order valence-electron chi connectivity index (χ1n) is 7.27. The molecule has 1 N–H and O–H groups in total. The average Bonchev–Trinajstić information content (AvgIpc) is 2.46. The molecule has 6 nitrogen and oxygen atoms in total. The number of carboxylic acids is 1. The van der Waals surface area contributed by atoms with Crippen LogP contribution in [-0.2, 0) is 9.53 Å². The van der Waals surface area contributed by atoms with E-state index in [0.717, 1.165) is 25.8 Å². The summed E-state index contributed by atoms with van der Waals surface area (Å²) in [7, 11) is 1.68. The van der Waals surface area contributed by atoms with Gasteiger partial charge >= 0.3 is 12.0 Å². The lowest BCUT2D eigenvalue weighted by Crippen LogP contribution is -2.55. The molecule has 2 rings (SSSR count). The number of aliphatic carboxylic acids is 1. The van der Waals surface area contributed by atoms with Crippen molar-refractivity contribution < 1.29 is 19.4 Å². The maximum Gasteiger partial charge on any atom is 0.320 e. The van der Waals surface area contributed by atoms with E-state index in [1.54, 1.807) is 16.9 Å². The summed E-state index contributed by atoms with van der Waals surface area (Å²) in [5.41, 5.74) is -0.282. The van der Waals surface area contributed by atoms with Crippen molar-refractivity contribution in [3.05, 3.63) is 0 Å². The third-order valence-corrected chi connectivity index (χ3v) is 4.46. The first-order chi connectivity index (χ1) is 9.45. The van der Waals surface area contributed by atoms with E-state index in [2.05, 4.69) is 0 Å². The maximum atomic E-state index is 12.5. The number of carboxylic acid groups (broad SMARTS) is 1. The maximum absolute atomic E-state index is 12.5. The second kappa shape index (κ2) is 5.99. The van der Waals surface area contributed by atoms with Gasteiger partial charge in [-0.2, -0.15) is 0 Å². The number of piperidine rings is 2. The summed E-state index contributed by atoms with van der Waals surface area (Å²) in [6.45, 7) is 4.31. The highest BCUT2D eigenvalue weighted by Gasteiger charge is 2.36. The van der Waals surface area contributed by atoms with Crippen molar-refractivity contribution in [2.45, 2.75) is 38.2 Å². The van der Waals surface area contributed by atoms with Crippen LogP contribution in [-0.4, -0.2) is 65.8 Å². The zero-order valence-electron chi connectivity index (χ0n) is 12.3. The largest absolute Gasteiger partial charge is 0.481 e. The SMILES string of the molecule is COC1(C)CCCN(C(=O)N2CCCC(C(=O)O)C2)C1. The Morgan fingerprint density at radius 1 is 1.25 bits per heavy atom. The van der Waals surface area contributed by atoms with Crippen molar-refractivity contribution in [2.24, 2.45) is 5.92 Å². The van der Waals surface area contributed by atoms with Crippen LogP contribution in [0.2, 0.25) is 0 Å². The number of ether oxygens (including phenoxy) is 1. The first kappa shape index (κ1) is 15.1. The smallest absolute Gasteiger partial charge is 0.320 e. The molecule has 0 saturated carbocycles. The molecule has 2 unspecified atom stereocenters. The van der Waals surface area contributed by atoms with Crippen molar-refractivity contribution >= 4 is 12.0 Å². The fourth-order valence-electron chi connectivity index (χ4n) is 3.09. The summed E-state index contributed by atoms with van der Waals surface area (Å²) in [4.78, 5) is 27.1. The molecule has 6 heteroatoms. The molecule has 20 heavy (non-hydrogen) atoms. The molecule has 2 heterocycles. The Morgan fingerprint density at radius 3 is 2.60 bits per heavy atom. The highest BCUT2D eigenvalue weighted by molar-refractivity contribution is 5.77. The molecule has 2 saturated heterocycles. The predicted octanol–water partition coefficient (Wildman–Crippen LogP) is 1.40. The predicted molar refractivity (Wildman–Crippen MR) is 73.5 cm³/mol. The summed E-state index contributed by atoms with van der Waals surface area (Å²) < 4.78 is 5.50. The molecule has 0 spiro atoms. The van der Waals surface area contributed by atoms with Crippen LogP contribution in [0.1, 0.15) is 32.6 Å². The van der Waals surface area contributed by atoms with E-state index >= 15 is 0 Å². The van der Waals surface area contributed by atoms with E-state index in [0.29, 0.717) is 26.1 Å². The van der Waals surface area contributed by atoms with Gasteiger partial charge in [-0.3, -0.25) is 4.79 Å². The van der Waals surface area contributed by atoms with Gasteiger partial charge in [-0.25, -0.2) is 4.79 Å². The zero-order valence-corrected chi connectivity index (χ0v) is 12.3. The van der Waals surface area contributed by atoms with E-state index in [9.17, 15) is 9.59 Å². The van der Waals surface area contributed by atoms with Crippen LogP contribution in [0, 0.1) is 5.92 Å². The van der Waals surface area contributed by atoms with Crippen molar-refractivity contribution in [3.63, 3.8) is 0 Å². The van der Waals surface area contributed by atoms with Gasteiger partial charge in [0.25, 0.3) is 0 Å². The first-order valence-corrected chi connectivity index (χ1v) is 7.27. The number of rotatable bonds is 2. The minimum atomic E-state index is -0.803. The van der Waals surface area contributed by atoms with E-state index in [-0.39, 0.29) is 11.6 Å². The normalized spacial score (nSPS) is 31.2. The molecule has 0 aromatic carbocycles. The summed E-state index contributed by atoms with van der Waals surface area (Å²) in [5, 5.41) is 9.10. The summed E-state index contributed by atoms with van der Waals surface area (Å²) in [6, 6.07) is -0.0427. The van der Waals surface area contributed by atoms with Gasteiger partial charge in [0.05, 0.1) is 18.1 Å². The van der Waals surface area contributed by atoms with E-state index in [4.69, 9.17) is 9.84 Å². The Kier molecular flexibility index (Phi) is 4.52. The van der Waals surface area contributed by atoms with Gasteiger partial charge in [-0.1, -0.05) is 0 Å². The monoisotopic (exact) mass is 284 g/mol. The summed E-state index contributed by atoms with van der Waals surface area (Å²) in [5.74, 6) is -1.23. The van der Waals surface area contributed by atoms with Gasteiger partial charge in [0.2, 0.25) is 0 Å². The average molecular weight is 284 g/mol. The Labute approximate surface area is 119 Å². The second-order valence-corrected chi connectivity index (χ2v) is 6.09. The molecule has 2 amide bonds. The number of hydrogen-bond acceptors (Lipinski definition) is 3. The quantitative estimate of drug-likeness (QED) is 0.832. The van der Waals surface area contributed by atoms with Gasteiger partial charge in [0.1, 0.15) is 0 Å². The van der Waals surface area contributed by atoms with Crippen LogP contribution in [0.15, 0.2) is 0 Å². The van der Waals surface area contributed by atoms with Gasteiger partial charge < -0.3 is 19.6 Å². The molecular formula is C14H24N2O4. The van der Waals surface area contributed by atoms with Crippen LogP contribution in [0.3, 0.4) is 0 Å². The van der Waals surface area contributed by atoms with Crippen LogP contribution < -0.4 is 0 Å². The van der Waals surface area contributed by atoms with Crippen LogP contribution in [0.25, 0.3) is 0 Å². The molecule has 0 aromatic rings. The number of urea groups is 1. The molecule has 0 aliphatic carbocycles. The minimum absolute atomic E-state index is 0.0427. The van der Waals surface area contributed by atoms with Gasteiger partial charge in [0, 0.05) is 26.7 Å². The fourth-order valence-corrected chi connectivity index (χ4v) is 3.09. The molecule has 2 atom stereocenters. The molecule has 2 fully saturated rings. The number of hydrogen-bond donors (Lipinski definition) is 1. The minimum Gasteiger partial charge on any atom is -0.481 e. The summed E-state index contributed by atoms with van der Waals surface area (Å²) in [6.07, 6.45) is 3.30. The van der Waals surface area contributed by atoms with Gasteiger partial charge in [-0.15, -0.1) is 0 Å². The Morgan fingerprint density at radius 2 is 1.95 bits per heavy atom. The Bertz CT molecular complexity index is 387.